The topological polar surface area (TPSA) is 3.24 Å². The minimum atomic E-state index is -0.438. The van der Waals surface area contributed by atoms with Crippen LogP contribution in [0.2, 0.25) is 0 Å². The summed E-state index contributed by atoms with van der Waals surface area (Å²) in [7, 11) is 0. The summed E-state index contributed by atoms with van der Waals surface area (Å²) in [5.74, 6) is 0. The molecule has 0 saturated heterocycles. The molecule has 45 heavy (non-hydrogen) atoms. The van der Waals surface area contributed by atoms with Crippen LogP contribution in [0.5, 0.6) is 0 Å². The van der Waals surface area contributed by atoms with E-state index in [4.69, 9.17) is 2.74 Å². The van der Waals surface area contributed by atoms with Gasteiger partial charge in [-0.25, -0.2) is 0 Å². The quantitative estimate of drug-likeness (QED) is 0.189. The molecule has 0 radical (unpaired) electrons. The lowest BCUT2D eigenvalue weighted by Crippen LogP contribution is -2.10. The molecule has 8 aromatic rings. The van der Waals surface area contributed by atoms with Crippen LogP contribution in [0.1, 0.15) is 11.0 Å². The molecule has 0 saturated carbocycles. The van der Waals surface area contributed by atoms with Crippen molar-refractivity contribution < 1.29 is 11.0 Å². The second kappa shape index (κ2) is 11.6. The Morgan fingerprint density at radius 3 is 1.87 bits per heavy atom. The number of nitrogens with zero attached hydrogens (tertiary/aromatic N) is 1. The number of benzene rings is 8. The van der Waals surface area contributed by atoms with Crippen molar-refractivity contribution in [3.8, 4) is 33.4 Å². The Balaban J connectivity index is 1.41. The van der Waals surface area contributed by atoms with Gasteiger partial charge in [-0.15, -0.1) is 0 Å². The number of fused-ring (bicyclic) bond motifs is 2. The van der Waals surface area contributed by atoms with Crippen molar-refractivity contribution in [3.05, 3.63) is 188 Å². The molecule has 0 unspecified atom stereocenters. The number of hydrogen-bond donors (Lipinski definition) is 0. The Morgan fingerprint density at radius 2 is 1.04 bits per heavy atom. The highest BCUT2D eigenvalue weighted by atomic mass is 15.1. The van der Waals surface area contributed by atoms with Crippen LogP contribution in [0.25, 0.3) is 54.9 Å². The zero-order valence-electron chi connectivity index (χ0n) is 32.2. The molecule has 0 atom stereocenters. The van der Waals surface area contributed by atoms with Crippen molar-refractivity contribution in [2.24, 2.45) is 0 Å². The second-order valence-electron chi connectivity index (χ2n) is 10.8. The summed E-state index contributed by atoms with van der Waals surface area (Å²) in [4.78, 5) is 1.39. The van der Waals surface area contributed by atoms with Crippen molar-refractivity contribution in [2.75, 3.05) is 4.90 Å². The second-order valence-corrected chi connectivity index (χ2v) is 10.8. The van der Waals surface area contributed by atoms with Crippen LogP contribution >= 0.6 is 0 Å². The molecule has 0 aliphatic rings. The van der Waals surface area contributed by atoms with E-state index in [2.05, 4.69) is 0 Å². The summed E-state index contributed by atoms with van der Waals surface area (Å²) < 4.78 is 74.2. The number of hydrogen-bond acceptors (Lipinski definition) is 1. The summed E-state index contributed by atoms with van der Waals surface area (Å²) in [5, 5.41) is 3.51. The molecule has 1 nitrogen and oxygen atoms in total. The molecule has 0 N–H and O–H groups in total. The summed E-state index contributed by atoms with van der Waals surface area (Å²) >= 11 is 0. The Kier molecular flexibility index (Phi) is 5.01. The first kappa shape index (κ1) is 19.4. The van der Waals surface area contributed by atoms with Crippen molar-refractivity contribution in [1.82, 2.24) is 0 Å². The fourth-order valence-corrected chi connectivity index (χ4v) is 5.73. The van der Waals surface area contributed by atoms with Crippen LogP contribution in [0, 0.1) is 0 Å². The van der Waals surface area contributed by atoms with Gasteiger partial charge in [-0.3, -0.25) is 0 Å². The van der Waals surface area contributed by atoms with Crippen LogP contribution in [0.3, 0.4) is 0 Å². The Labute approximate surface area is 275 Å². The third-order valence-corrected chi connectivity index (χ3v) is 8.00. The molecule has 0 spiro atoms. The molecule has 1 heteroatoms. The van der Waals surface area contributed by atoms with E-state index in [-0.39, 0.29) is 58.8 Å². The van der Waals surface area contributed by atoms with Crippen molar-refractivity contribution in [1.29, 1.82) is 0 Å². The highest BCUT2D eigenvalue weighted by molar-refractivity contribution is 5.97. The minimum Gasteiger partial charge on any atom is -0.310 e. The first-order valence-corrected chi connectivity index (χ1v) is 14.8. The van der Waals surface area contributed by atoms with Crippen LogP contribution < -0.4 is 4.90 Å². The number of anilines is 3. The highest BCUT2D eigenvalue weighted by Gasteiger charge is 2.15. The molecule has 0 amide bonds. The van der Waals surface area contributed by atoms with Gasteiger partial charge < -0.3 is 4.90 Å². The van der Waals surface area contributed by atoms with Crippen LogP contribution in [-0.4, -0.2) is 0 Å². The van der Waals surface area contributed by atoms with E-state index in [0.717, 1.165) is 32.7 Å². The molecular formula is C44H31N. The van der Waals surface area contributed by atoms with Gasteiger partial charge in [0.05, 0.1) is 11.0 Å². The van der Waals surface area contributed by atoms with Crippen molar-refractivity contribution in [2.45, 2.75) is 0 Å². The first-order valence-electron chi connectivity index (χ1n) is 18.8. The smallest absolute Gasteiger partial charge is 0.0651 e. The molecule has 0 bridgehead atoms. The maximum absolute atomic E-state index is 9.66. The normalized spacial score (nSPS) is 13.6. The van der Waals surface area contributed by atoms with Crippen molar-refractivity contribution >= 4 is 38.6 Å². The molecule has 8 aromatic carbocycles. The lowest BCUT2D eigenvalue weighted by atomic mass is 9.97. The van der Waals surface area contributed by atoms with Crippen molar-refractivity contribution in [3.63, 3.8) is 0 Å². The Morgan fingerprint density at radius 1 is 0.378 bits per heavy atom. The third kappa shape index (κ3) is 5.26. The standard InChI is InChI=1S/C44H31N/c1-2-10-32(11-3-1)34-22-26-40(27-23-34)45(41-28-24-35(25-29-41)38-21-20-33-12-4-5-14-37(33)30-38)42-17-8-16-39(31-42)44-19-9-15-36-13-6-7-18-43(36)44/h1-31H/i8D,16D,17D,24D,25D,28D,29D,31D. The molecule has 0 aliphatic heterocycles. The zero-order valence-corrected chi connectivity index (χ0v) is 24.2. The SMILES string of the molecule is [2H]c1c([2H])c(-c2cccc3ccccc23)c([2H])c(N(c2ccc(-c3ccccc3)cc2)c2c([2H])c([2H])c(-c3ccc4ccccc4c3)c([2H])c2[2H])c1[2H]. The Bertz CT molecular complexity index is 2680. The summed E-state index contributed by atoms with van der Waals surface area (Å²) in [6.45, 7) is 0. The van der Waals surface area contributed by atoms with Crippen LogP contribution in [-0.2, 0) is 0 Å². The van der Waals surface area contributed by atoms with Crippen LogP contribution in [0.4, 0.5) is 17.1 Å². The average molecular weight is 582 g/mol. The van der Waals surface area contributed by atoms with E-state index in [1.54, 1.807) is 24.3 Å². The summed E-state index contributed by atoms with van der Waals surface area (Å²) in [6.07, 6.45) is 0. The third-order valence-electron chi connectivity index (χ3n) is 8.00. The van der Waals surface area contributed by atoms with Gasteiger partial charge in [-0.05, 0) is 97.3 Å². The highest BCUT2D eigenvalue weighted by Crippen LogP contribution is 2.39. The molecule has 212 valence electrons. The predicted molar refractivity (Wildman–Crippen MR) is 192 cm³/mol. The van der Waals surface area contributed by atoms with Gasteiger partial charge in [-0.1, -0.05) is 145 Å². The summed E-state index contributed by atoms with van der Waals surface area (Å²) in [5.41, 5.74) is 3.25. The van der Waals surface area contributed by atoms with E-state index < -0.39 is 12.1 Å². The van der Waals surface area contributed by atoms with Crippen LogP contribution in [0.15, 0.2) is 188 Å². The molecule has 0 heterocycles. The van der Waals surface area contributed by atoms with Gasteiger partial charge in [0.15, 0.2) is 0 Å². The lowest BCUT2D eigenvalue weighted by Gasteiger charge is -2.26. The van der Waals surface area contributed by atoms with Gasteiger partial charge in [0.1, 0.15) is 0 Å². The maximum Gasteiger partial charge on any atom is 0.0651 e. The minimum absolute atomic E-state index is 0.124. The fourth-order valence-electron chi connectivity index (χ4n) is 5.73. The predicted octanol–water partition coefficient (Wildman–Crippen LogP) is 12.5. The van der Waals surface area contributed by atoms with E-state index >= 15 is 0 Å². The molecular weight excluding hydrogens is 542 g/mol. The van der Waals surface area contributed by atoms with Gasteiger partial charge in [0.25, 0.3) is 0 Å². The van der Waals surface area contributed by atoms with E-state index in [0.29, 0.717) is 16.8 Å². The Hall–Kier alpha value is -5.92. The van der Waals surface area contributed by atoms with Gasteiger partial charge >= 0.3 is 0 Å². The number of rotatable bonds is 6. The first-order chi connectivity index (χ1) is 25.7. The monoisotopic (exact) mass is 581 g/mol. The van der Waals surface area contributed by atoms with E-state index in [1.807, 2.05) is 115 Å². The van der Waals surface area contributed by atoms with Gasteiger partial charge in [0, 0.05) is 17.1 Å². The lowest BCUT2D eigenvalue weighted by molar-refractivity contribution is 1.28. The zero-order chi connectivity index (χ0) is 37.0. The molecule has 0 aromatic heterocycles. The van der Waals surface area contributed by atoms with Gasteiger partial charge in [0.2, 0.25) is 0 Å². The largest absolute Gasteiger partial charge is 0.310 e. The molecule has 0 aliphatic carbocycles. The molecule has 8 rings (SSSR count). The summed E-state index contributed by atoms with van der Waals surface area (Å²) in [6, 6.07) is 40.6. The fraction of sp³-hybridized carbons (Fsp3) is 0. The molecule has 0 fully saturated rings. The van der Waals surface area contributed by atoms with E-state index in [1.165, 1.54) is 4.90 Å². The maximum atomic E-state index is 9.66. The van der Waals surface area contributed by atoms with E-state index in [9.17, 15) is 8.22 Å². The van der Waals surface area contributed by atoms with Gasteiger partial charge in [-0.2, -0.15) is 0 Å². The average Bonchev–Trinajstić information content (AvgIpc) is 3.19.